The molecule has 324 valence electrons. The maximum Gasteiger partial charge on any atom is 0.338 e. The van der Waals surface area contributed by atoms with Crippen LogP contribution in [0.25, 0.3) is 10.8 Å². The standard InChI is InChI=1S/C43H32O20/c44-17-7-23(46)21-12-33(62-42(58)15-3-25(48)36(54)26(49)4-15)40(60-31(21)9-17)14-1-19-20(11-30(53)39(57)35(19)38(56)29(52)2-14)41-34(13-22-24(47)8-18(45)10-32(22)61-41)63-43(59)16-5-27(50)37(55)28(51)6-16/h1-11,33-34,40-41,44-51,53-55,57H,12-13H2,(H,52,56)/t33?,34?,40?,41-/m1/s1. The number of aromatic hydroxyl groups is 13. The maximum atomic E-state index is 14.0. The molecule has 2 aliphatic rings. The average Bonchev–Trinajstić information content (AvgIpc) is 3.35. The topological polar surface area (TPSA) is 351 Å². The number of ether oxygens (including phenoxy) is 4. The van der Waals surface area contributed by atoms with Gasteiger partial charge in [-0.15, -0.1) is 0 Å². The Balaban J connectivity index is 1.31. The fraction of sp³-hybridized carbons (Fsp3) is 0.140. The van der Waals surface area contributed by atoms with Crippen LogP contribution in [0.5, 0.6) is 86.2 Å². The van der Waals surface area contributed by atoms with Crippen molar-refractivity contribution < 1.29 is 94.9 Å². The second kappa shape index (κ2) is 15.0. The van der Waals surface area contributed by atoms with Gasteiger partial charge in [0.1, 0.15) is 46.7 Å². The van der Waals surface area contributed by atoms with Crippen molar-refractivity contribution in [3.05, 3.63) is 110 Å². The molecule has 0 fully saturated rings. The highest BCUT2D eigenvalue weighted by Crippen LogP contribution is 2.49. The van der Waals surface area contributed by atoms with Gasteiger partial charge in [0.25, 0.3) is 0 Å². The number of rotatable bonds is 6. The minimum atomic E-state index is -1.65. The first-order valence-corrected chi connectivity index (χ1v) is 18.4. The van der Waals surface area contributed by atoms with E-state index in [9.17, 15) is 80.8 Å². The molecule has 63 heavy (non-hydrogen) atoms. The third kappa shape index (κ3) is 7.19. The van der Waals surface area contributed by atoms with Gasteiger partial charge in [-0.25, -0.2) is 9.59 Å². The first-order valence-electron chi connectivity index (χ1n) is 18.4. The summed E-state index contributed by atoms with van der Waals surface area (Å²) in [4.78, 5) is 41.1. The van der Waals surface area contributed by atoms with Crippen molar-refractivity contribution in [2.24, 2.45) is 0 Å². The van der Waals surface area contributed by atoms with E-state index in [0.717, 1.165) is 66.7 Å². The Kier molecular flexibility index (Phi) is 9.77. The SMILES string of the molecule is O=C(OC1Cc2c(O)cc(O)cc2OC1c1cc(O)c(=O)c2c(O)c(O)cc([C@H]3Oc4cc(O)cc(O)c4CC3OC(=O)c3cc(O)c(O)c(O)c3)c2c1)c1cc(O)c(O)c(O)c1. The molecule has 0 saturated carbocycles. The van der Waals surface area contributed by atoms with Crippen LogP contribution >= 0.6 is 0 Å². The molecule has 20 heteroatoms. The number of esters is 2. The monoisotopic (exact) mass is 868 g/mol. The van der Waals surface area contributed by atoms with Crippen molar-refractivity contribution in [2.45, 2.75) is 37.3 Å². The molecule has 0 saturated heterocycles. The third-order valence-corrected chi connectivity index (χ3v) is 10.5. The van der Waals surface area contributed by atoms with Crippen molar-refractivity contribution in [1.82, 2.24) is 0 Å². The number of hydrogen-bond donors (Lipinski definition) is 13. The lowest BCUT2D eigenvalue weighted by Gasteiger charge is -2.35. The van der Waals surface area contributed by atoms with Gasteiger partial charge in [-0.1, -0.05) is 0 Å². The van der Waals surface area contributed by atoms with E-state index in [1.54, 1.807) is 0 Å². The van der Waals surface area contributed by atoms with Crippen molar-refractivity contribution in [3.63, 3.8) is 0 Å². The van der Waals surface area contributed by atoms with Gasteiger partial charge in [-0.05, 0) is 47.9 Å². The Morgan fingerprint density at radius 3 is 1.38 bits per heavy atom. The summed E-state index contributed by atoms with van der Waals surface area (Å²) in [5.74, 6) is -13.2. The lowest BCUT2D eigenvalue weighted by molar-refractivity contribution is -0.0194. The number of phenols is 12. The molecule has 6 aromatic carbocycles. The van der Waals surface area contributed by atoms with Crippen LogP contribution in [0.2, 0.25) is 0 Å². The zero-order valence-corrected chi connectivity index (χ0v) is 31.7. The van der Waals surface area contributed by atoms with Gasteiger partial charge in [0.05, 0.1) is 16.5 Å². The predicted molar refractivity (Wildman–Crippen MR) is 210 cm³/mol. The predicted octanol–water partition coefficient (Wildman–Crippen LogP) is 4.18. The number of fused-ring (bicyclic) bond motifs is 3. The fourth-order valence-electron chi connectivity index (χ4n) is 7.54. The van der Waals surface area contributed by atoms with E-state index in [-0.39, 0.29) is 45.6 Å². The van der Waals surface area contributed by atoms with Gasteiger partial charge in [0, 0.05) is 59.4 Å². The van der Waals surface area contributed by atoms with E-state index < -0.39 is 139 Å². The van der Waals surface area contributed by atoms with Crippen LogP contribution in [0.1, 0.15) is 55.2 Å². The summed E-state index contributed by atoms with van der Waals surface area (Å²) in [5, 5.41) is 135. The van der Waals surface area contributed by atoms with Gasteiger partial charge in [-0.2, -0.15) is 0 Å². The fourth-order valence-corrected chi connectivity index (χ4v) is 7.54. The van der Waals surface area contributed by atoms with E-state index in [1.807, 2.05) is 0 Å². The molecule has 13 N–H and O–H groups in total. The molecule has 2 aliphatic heterocycles. The molecule has 0 aromatic heterocycles. The van der Waals surface area contributed by atoms with Gasteiger partial charge < -0.3 is 85.3 Å². The zero-order valence-electron chi connectivity index (χ0n) is 31.7. The normalized spacial score (nSPS) is 17.7. The Hall–Kier alpha value is -8.81. The smallest absolute Gasteiger partial charge is 0.338 e. The van der Waals surface area contributed by atoms with E-state index in [1.165, 1.54) is 0 Å². The Morgan fingerprint density at radius 2 is 0.905 bits per heavy atom. The largest absolute Gasteiger partial charge is 0.508 e. The highest BCUT2D eigenvalue weighted by molar-refractivity contribution is 5.95. The van der Waals surface area contributed by atoms with Crippen LogP contribution in [0.4, 0.5) is 0 Å². The van der Waals surface area contributed by atoms with Crippen molar-refractivity contribution >= 4 is 22.7 Å². The first-order chi connectivity index (χ1) is 29.8. The van der Waals surface area contributed by atoms with E-state index in [0.29, 0.717) is 0 Å². The van der Waals surface area contributed by atoms with Crippen LogP contribution in [0, 0.1) is 0 Å². The maximum absolute atomic E-state index is 14.0. The number of carbonyl (C=O) groups excluding carboxylic acids is 2. The number of benzene rings is 5. The van der Waals surface area contributed by atoms with Crippen molar-refractivity contribution in [2.75, 3.05) is 0 Å². The van der Waals surface area contributed by atoms with Crippen LogP contribution in [0.3, 0.4) is 0 Å². The molecule has 0 aliphatic carbocycles. The molecule has 8 rings (SSSR count). The molecular formula is C43H32O20. The Morgan fingerprint density at radius 1 is 0.476 bits per heavy atom. The average molecular weight is 869 g/mol. The molecule has 3 unspecified atom stereocenters. The van der Waals surface area contributed by atoms with Gasteiger partial charge in [-0.3, -0.25) is 4.79 Å². The van der Waals surface area contributed by atoms with Gasteiger partial charge in [0.2, 0.25) is 5.43 Å². The molecular weight excluding hydrogens is 836 g/mol. The molecule has 4 atom stereocenters. The summed E-state index contributed by atoms with van der Waals surface area (Å²) >= 11 is 0. The molecule has 6 aromatic rings. The van der Waals surface area contributed by atoms with E-state index in [4.69, 9.17) is 18.9 Å². The minimum Gasteiger partial charge on any atom is -0.508 e. The highest BCUT2D eigenvalue weighted by Gasteiger charge is 2.41. The summed E-state index contributed by atoms with van der Waals surface area (Å²) in [5.41, 5.74) is -2.71. The van der Waals surface area contributed by atoms with Crippen LogP contribution in [-0.2, 0) is 22.3 Å². The first kappa shape index (κ1) is 40.9. The third-order valence-electron chi connectivity index (χ3n) is 10.5. The van der Waals surface area contributed by atoms with E-state index >= 15 is 0 Å². The van der Waals surface area contributed by atoms with Crippen LogP contribution < -0.4 is 14.9 Å². The summed E-state index contributed by atoms with van der Waals surface area (Å²) in [6, 6.07) is 10.2. The lowest BCUT2D eigenvalue weighted by Crippen LogP contribution is -2.35. The molecule has 2 heterocycles. The number of carbonyl (C=O) groups is 2. The summed E-state index contributed by atoms with van der Waals surface area (Å²) in [6.07, 6.45) is -7.15. The van der Waals surface area contributed by atoms with Crippen molar-refractivity contribution in [1.29, 1.82) is 0 Å². The second-order valence-corrected chi connectivity index (χ2v) is 14.6. The van der Waals surface area contributed by atoms with E-state index in [2.05, 4.69) is 0 Å². The van der Waals surface area contributed by atoms with Gasteiger partial charge in [0.15, 0.2) is 64.0 Å². The minimum absolute atomic E-state index is 0.000315. The van der Waals surface area contributed by atoms with Crippen LogP contribution in [-0.4, -0.2) is 90.5 Å². The summed E-state index contributed by atoms with van der Waals surface area (Å²) in [7, 11) is 0. The molecule has 0 radical (unpaired) electrons. The second-order valence-electron chi connectivity index (χ2n) is 14.6. The molecule has 0 amide bonds. The van der Waals surface area contributed by atoms with Crippen LogP contribution in [0.15, 0.2) is 71.5 Å². The Labute approximate surface area is 351 Å². The number of hydrogen-bond acceptors (Lipinski definition) is 20. The molecule has 0 spiro atoms. The van der Waals surface area contributed by atoms with Crippen molar-refractivity contribution in [3.8, 4) is 86.2 Å². The number of phenolic OH excluding ortho intramolecular Hbond substituents is 12. The highest BCUT2D eigenvalue weighted by atomic mass is 16.6. The Bertz CT molecular complexity index is 2950. The van der Waals surface area contributed by atoms with Gasteiger partial charge >= 0.3 is 11.9 Å². The summed E-state index contributed by atoms with van der Waals surface area (Å²) in [6.45, 7) is 0. The lowest BCUT2D eigenvalue weighted by atomic mass is 9.89. The zero-order chi connectivity index (χ0) is 45.3. The molecule has 20 nitrogen and oxygen atoms in total. The quantitative estimate of drug-likeness (QED) is 0.0824. The molecule has 0 bridgehead atoms. The summed E-state index contributed by atoms with van der Waals surface area (Å²) < 4.78 is 23.9.